The fraction of sp³-hybridized carbons (Fsp3) is 0.303. The third-order valence-corrected chi connectivity index (χ3v) is 14.1. The van der Waals surface area contributed by atoms with Crippen LogP contribution in [0.25, 0.3) is 90.9 Å². The van der Waals surface area contributed by atoms with Crippen LogP contribution in [-0.2, 0) is 26.1 Å². The summed E-state index contributed by atoms with van der Waals surface area (Å²) in [4.78, 5) is 45.5. The number of para-hydroxylation sites is 2. The maximum atomic E-state index is 11.6. The van der Waals surface area contributed by atoms with E-state index < -0.39 is 0 Å². The number of benzene rings is 4. The largest absolute Gasteiger partial charge is 2.00 e. The van der Waals surface area contributed by atoms with Crippen molar-refractivity contribution in [2.45, 2.75) is 120 Å². The van der Waals surface area contributed by atoms with Crippen LogP contribution in [-0.4, -0.2) is 34.7 Å². The maximum Gasteiger partial charge on any atom is 2.00 e. The summed E-state index contributed by atoms with van der Waals surface area (Å²) >= 11 is 0. The van der Waals surface area contributed by atoms with Gasteiger partial charge in [-0.1, -0.05) is 122 Å². The van der Waals surface area contributed by atoms with Crippen molar-refractivity contribution in [2.24, 2.45) is 0 Å². The van der Waals surface area contributed by atoms with Crippen LogP contribution in [0.1, 0.15) is 134 Å². The molecule has 3 aromatic heterocycles. The van der Waals surface area contributed by atoms with Gasteiger partial charge in [-0.15, -0.1) is 22.1 Å². The molecule has 2 aliphatic heterocycles. The first kappa shape index (κ1) is 54.2. The van der Waals surface area contributed by atoms with E-state index in [4.69, 9.17) is 29.4 Å². The molecule has 0 radical (unpaired) electrons. The predicted molar refractivity (Wildman–Crippen MR) is 305 cm³/mol. The normalized spacial score (nSPS) is 11.7. The average Bonchev–Trinajstić information content (AvgIpc) is 4.22. The summed E-state index contributed by atoms with van der Waals surface area (Å²) in [5, 5.41) is 0. The minimum absolute atomic E-state index is 0. The molecule has 0 N–H and O–H groups in total. The van der Waals surface area contributed by atoms with Crippen molar-refractivity contribution in [3.05, 3.63) is 153 Å². The summed E-state index contributed by atoms with van der Waals surface area (Å²) in [6.07, 6.45) is 17.2. The Morgan fingerprint density at radius 1 is 0.413 bits per heavy atom. The van der Waals surface area contributed by atoms with Gasteiger partial charge in [-0.05, 0) is 173 Å². The molecular weight excluding hydrogens is 971 g/mol. The number of aromatic nitrogens is 4. The van der Waals surface area contributed by atoms with Crippen molar-refractivity contribution >= 4 is 57.9 Å². The van der Waals surface area contributed by atoms with Crippen LogP contribution in [0, 0.1) is 41.5 Å². The predicted octanol–water partition coefficient (Wildman–Crippen LogP) is 16.3. The van der Waals surface area contributed by atoms with Gasteiger partial charge >= 0.3 is 16.5 Å². The van der Waals surface area contributed by atoms with E-state index in [9.17, 15) is 9.59 Å². The molecule has 0 saturated carbocycles. The molecule has 0 saturated heterocycles. The van der Waals surface area contributed by atoms with Crippen LogP contribution >= 0.6 is 0 Å². The number of aryl methyl sites for hydroxylation is 6. The Morgan fingerprint density at radius 2 is 0.733 bits per heavy atom. The van der Waals surface area contributed by atoms with Crippen LogP contribution in [0.5, 0.6) is 11.5 Å². The summed E-state index contributed by atoms with van der Waals surface area (Å²) in [6, 6.07) is 33.9. The van der Waals surface area contributed by atoms with Gasteiger partial charge in [0.25, 0.3) is 0 Å². The molecule has 0 atom stereocenters. The fourth-order valence-corrected chi connectivity index (χ4v) is 10.9. The molecule has 7 aromatic rings. The van der Waals surface area contributed by atoms with Crippen molar-refractivity contribution in [3.63, 3.8) is 0 Å². The maximum absolute atomic E-state index is 11.6. The fourth-order valence-electron chi connectivity index (χ4n) is 10.9. The third kappa shape index (κ3) is 12.4. The molecule has 8 nitrogen and oxygen atoms in total. The van der Waals surface area contributed by atoms with E-state index in [1.807, 2.05) is 24.3 Å². The minimum atomic E-state index is 0. The molecule has 5 heterocycles. The number of Topliss-reactive ketones (excluding diaryl/α,β-unsaturated/α-hetero) is 2. The van der Waals surface area contributed by atoms with Crippen LogP contribution in [0.2, 0.25) is 0 Å². The SMILES string of the molecule is CC(=O)CCCCCCOc1ccccc1-c1c2nc(c(-c3c(C)cc(C)cc3C)c3ccc([n-]3)c(-c3ccccc3OCCCCCCC(C)=O)c3nc(c(-c4c(C)cc(C)cc4C)c4ccc1[n-]4)C=C3)C=C2.[Ni+2]. The van der Waals surface area contributed by atoms with E-state index in [2.05, 4.69) is 139 Å². The molecular formula is C66H68N4NiO4. The molecule has 0 amide bonds. The van der Waals surface area contributed by atoms with E-state index in [0.717, 1.165) is 174 Å². The number of fused-ring (bicyclic) bond motifs is 8. The van der Waals surface area contributed by atoms with Crippen LogP contribution < -0.4 is 19.4 Å². The van der Waals surface area contributed by atoms with Gasteiger partial charge in [0.2, 0.25) is 0 Å². The number of ether oxygens (including phenoxy) is 2. The van der Waals surface area contributed by atoms with Crippen LogP contribution in [0.3, 0.4) is 0 Å². The summed E-state index contributed by atoms with van der Waals surface area (Å²) in [6.45, 7) is 17.4. The molecule has 0 fully saturated rings. The monoisotopic (exact) mass is 1040 g/mol. The van der Waals surface area contributed by atoms with Crippen LogP contribution in [0.15, 0.2) is 97.1 Å². The van der Waals surface area contributed by atoms with Gasteiger partial charge in [0.05, 0.1) is 36.0 Å². The van der Waals surface area contributed by atoms with Crippen molar-refractivity contribution in [1.29, 1.82) is 0 Å². The molecule has 0 aliphatic carbocycles. The number of nitrogens with zero attached hydrogens (tertiary/aromatic N) is 4. The topological polar surface area (TPSA) is 107 Å². The zero-order chi connectivity index (χ0) is 51.9. The molecule has 9 heteroatoms. The van der Waals surface area contributed by atoms with Crippen molar-refractivity contribution < 1.29 is 35.6 Å². The number of unbranched alkanes of at least 4 members (excludes halogenated alkanes) is 6. The standard InChI is InChI=1S/C66H68N4O4.Ni/c1-41-37-43(3)61(44(4)38-41)65-55-31-27-51(67-55)63(49-23-15-17-25-59(49)73-35-19-11-9-13-21-47(7)71)53-29-33-57(69-53)66(62-45(5)39-42(2)40-46(62)6)58-34-30-54(70-58)64(52-28-32-56(65)68-52)50-24-16-18-26-60(50)74-36-20-12-10-14-22-48(8)72;/h15-18,23-34,37-40H,9-14,19-22,35-36H2,1-8H3;/q-2;+2. The minimum Gasteiger partial charge on any atom is -0.657 e. The smallest absolute Gasteiger partial charge is 0.657 e. The number of ketones is 2. The molecule has 4 aromatic carbocycles. The van der Waals surface area contributed by atoms with Gasteiger partial charge in [-0.25, -0.2) is 9.97 Å². The first-order valence-electron chi connectivity index (χ1n) is 26.5. The van der Waals surface area contributed by atoms with E-state index in [1.54, 1.807) is 13.8 Å². The molecule has 75 heavy (non-hydrogen) atoms. The third-order valence-electron chi connectivity index (χ3n) is 14.1. The Balaban J connectivity index is 0.00000747. The van der Waals surface area contributed by atoms with E-state index in [-0.39, 0.29) is 28.1 Å². The molecule has 9 rings (SSSR count). The number of carbonyl (C=O) groups is 2. The second-order valence-electron chi connectivity index (χ2n) is 20.3. The first-order valence-corrected chi connectivity index (χ1v) is 26.5. The van der Waals surface area contributed by atoms with Crippen molar-refractivity contribution in [1.82, 2.24) is 19.9 Å². The summed E-state index contributed by atoms with van der Waals surface area (Å²) in [5.74, 6) is 2.00. The van der Waals surface area contributed by atoms with E-state index in [0.29, 0.717) is 26.1 Å². The van der Waals surface area contributed by atoms with Gasteiger partial charge < -0.3 is 29.0 Å². The Bertz CT molecular complexity index is 3230. The molecule has 8 bridgehead atoms. The number of rotatable bonds is 20. The Labute approximate surface area is 453 Å². The van der Waals surface area contributed by atoms with Gasteiger partial charge in [0, 0.05) is 24.0 Å². The van der Waals surface area contributed by atoms with E-state index >= 15 is 0 Å². The number of hydrogen-bond donors (Lipinski definition) is 0. The van der Waals surface area contributed by atoms with Crippen molar-refractivity contribution in [2.75, 3.05) is 13.2 Å². The Kier molecular flexibility index (Phi) is 17.7. The summed E-state index contributed by atoms with van der Waals surface area (Å²) < 4.78 is 13.3. The Morgan fingerprint density at radius 3 is 1.09 bits per heavy atom. The van der Waals surface area contributed by atoms with E-state index in [1.165, 1.54) is 11.1 Å². The summed E-state index contributed by atoms with van der Waals surface area (Å²) in [5.41, 5.74) is 20.9. The van der Waals surface area contributed by atoms with Gasteiger partial charge in [0.15, 0.2) is 0 Å². The second kappa shape index (κ2) is 24.5. The van der Waals surface area contributed by atoms with Gasteiger partial charge in [-0.2, -0.15) is 0 Å². The zero-order valence-electron chi connectivity index (χ0n) is 44.8. The molecule has 0 unspecified atom stereocenters. The average molecular weight is 1040 g/mol. The summed E-state index contributed by atoms with van der Waals surface area (Å²) in [7, 11) is 0. The quantitative estimate of drug-likeness (QED) is 0.0549. The number of hydrogen-bond acceptors (Lipinski definition) is 6. The zero-order valence-corrected chi connectivity index (χ0v) is 45.8. The molecule has 0 spiro atoms. The molecule has 386 valence electrons. The van der Waals surface area contributed by atoms with Crippen molar-refractivity contribution in [3.8, 4) is 56.0 Å². The molecule has 2 aliphatic rings. The van der Waals surface area contributed by atoms with Crippen LogP contribution in [0.4, 0.5) is 0 Å². The Hall–Kier alpha value is -7.09. The second-order valence-corrected chi connectivity index (χ2v) is 20.3. The first-order chi connectivity index (χ1) is 35.8. The van der Waals surface area contributed by atoms with Gasteiger partial charge in [0.1, 0.15) is 23.1 Å². The number of carbonyl (C=O) groups excluding carboxylic acids is 2. The van der Waals surface area contributed by atoms with Gasteiger partial charge in [-0.3, -0.25) is 0 Å².